The minimum atomic E-state index is -1.39. The molecule has 1 aromatic carbocycles. The quantitative estimate of drug-likeness (QED) is 0.539. The molecule has 0 aromatic heterocycles. The number of benzene rings is 1. The number of imide groups is 1. The third kappa shape index (κ3) is 2.41. The molecular weight excluding hydrogens is 438 g/mol. The predicted octanol–water partition coefficient (Wildman–Crippen LogP) is 2.35. The van der Waals surface area contributed by atoms with Crippen LogP contribution in [0, 0.1) is 17.8 Å². The van der Waals surface area contributed by atoms with Gasteiger partial charge in [0.05, 0.1) is 6.61 Å². The normalized spacial score (nSPS) is 35.2. The number of phenolic OH excluding ortho intramolecular Hbond substituents is 1. The van der Waals surface area contributed by atoms with Gasteiger partial charge in [-0.3, -0.25) is 24.1 Å². The number of nitrogens with zero attached hydrogens (tertiary/aromatic N) is 1. The maximum Gasteiger partial charge on any atom is 0.229 e. The highest BCUT2D eigenvalue weighted by Gasteiger charge is 2.79. The van der Waals surface area contributed by atoms with Gasteiger partial charge in [-0.25, -0.2) is 0 Å². The number of phenols is 1. The van der Waals surface area contributed by atoms with Crippen LogP contribution in [0.3, 0.4) is 0 Å². The van der Waals surface area contributed by atoms with E-state index >= 15 is 0 Å². The molecule has 1 spiro atoms. The summed E-state index contributed by atoms with van der Waals surface area (Å²) >= 11 is 0. The van der Waals surface area contributed by atoms with E-state index < -0.39 is 29.0 Å². The van der Waals surface area contributed by atoms with Gasteiger partial charge in [-0.15, -0.1) is 0 Å². The molecule has 8 heteroatoms. The summed E-state index contributed by atoms with van der Waals surface area (Å²) in [7, 11) is 0. The first-order valence-electron chi connectivity index (χ1n) is 11.6. The molecule has 5 atom stereocenters. The fourth-order valence-electron chi connectivity index (χ4n) is 6.60. The van der Waals surface area contributed by atoms with Gasteiger partial charge in [0.15, 0.2) is 22.8 Å². The largest absolute Gasteiger partial charge is 0.507 e. The molecule has 7 rings (SSSR count). The predicted molar refractivity (Wildman–Crippen MR) is 118 cm³/mol. The number of allylic oxidation sites excluding steroid dienone is 2. The second-order valence-electron chi connectivity index (χ2n) is 10.1. The summed E-state index contributed by atoms with van der Waals surface area (Å²) in [5.41, 5.74) is -1.37. The van der Waals surface area contributed by atoms with Crippen molar-refractivity contribution in [3.8, 4) is 11.5 Å². The molecular formula is C26H25NO7. The number of ether oxygens (including phenoxy) is 2. The molecule has 0 unspecified atom stereocenters. The zero-order valence-electron chi connectivity index (χ0n) is 19.0. The summed E-state index contributed by atoms with van der Waals surface area (Å²) in [6, 6.07) is 4.64. The van der Waals surface area contributed by atoms with Crippen molar-refractivity contribution in [1.29, 1.82) is 0 Å². The smallest absolute Gasteiger partial charge is 0.229 e. The molecule has 3 heterocycles. The number of carbonyl (C=O) groups excluding carboxylic acids is 4. The third-order valence-electron chi connectivity index (χ3n) is 8.15. The van der Waals surface area contributed by atoms with Crippen LogP contribution in [-0.2, 0) is 19.1 Å². The highest BCUT2D eigenvalue weighted by Crippen LogP contribution is 2.65. The molecule has 3 fully saturated rings. The summed E-state index contributed by atoms with van der Waals surface area (Å²) in [5, 5.41) is 10.4. The van der Waals surface area contributed by atoms with Crippen molar-refractivity contribution in [3.63, 3.8) is 0 Å². The van der Waals surface area contributed by atoms with Crippen molar-refractivity contribution >= 4 is 23.4 Å². The van der Waals surface area contributed by atoms with Gasteiger partial charge >= 0.3 is 0 Å². The molecule has 34 heavy (non-hydrogen) atoms. The van der Waals surface area contributed by atoms with Gasteiger partial charge in [-0.2, -0.15) is 0 Å². The topological polar surface area (TPSA) is 110 Å². The number of amides is 2. The lowest BCUT2D eigenvalue weighted by atomic mass is 9.49. The zero-order chi connectivity index (χ0) is 24.0. The van der Waals surface area contributed by atoms with Crippen molar-refractivity contribution in [1.82, 2.24) is 4.90 Å². The molecule has 8 nitrogen and oxygen atoms in total. The fourth-order valence-corrected chi connectivity index (χ4v) is 6.60. The first kappa shape index (κ1) is 21.3. The van der Waals surface area contributed by atoms with Gasteiger partial charge in [0.2, 0.25) is 11.8 Å². The lowest BCUT2D eigenvalue weighted by Crippen LogP contribution is -2.74. The molecule has 2 saturated heterocycles. The Morgan fingerprint density at radius 1 is 1.18 bits per heavy atom. The Kier molecular flexibility index (Phi) is 4.31. The number of fused-ring (bicyclic) bond motifs is 1. The lowest BCUT2D eigenvalue weighted by Gasteiger charge is -2.58. The number of Topliss-reactive ketones (excluding diaryl/α,β-unsaturated/α-hetero) is 2. The highest BCUT2D eigenvalue weighted by molar-refractivity contribution is 6.18. The average Bonchev–Trinajstić information content (AvgIpc) is 3.26. The Bertz CT molecular complexity index is 1230. The molecule has 1 saturated carbocycles. The van der Waals surface area contributed by atoms with E-state index in [9.17, 15) is 24.3 Å². The maximum atomic E-state index is 14.0. The number of hydrogen-bond donors (Lipinski definition) is 1. The SMILES string of the molecule is CC(C)=CC[C@@]12OC[C@@H]3[C@@H](CN4C(=O)CCC4=O)[C@@H](C=C4C(=O)c5c(O)cccc5O[C@]431)C2=O. The molecule has 2 amide bonds. The van der Waals surface area contributed by atoms with Crippen molar-refractivity contribution in [2.45, 2.75) is 44.3 Å². The molecule has 1 N–H and O–H groups in total. The summed E-state index contributed by atoms with van der Waals surface area (Å²) in [6.07, 6.45) is 4.14. The number of rotatable bonds is 4. The van der Waals surface area contributed by atoms with Crippen LogP contribution in [0.5, 0.6) is 11.5 Å². The Hall–Kier alpha value is -3.26. The fraction of sp³-hybridized carbons (Fsp3) is 0.462. The lowest BCUT2D eigenvalue weighted by molar-refractivity contribution is -0.172. The summed E-state index contributed by atoms with van der Waals surface area (Å²) in [5.74, 6) is -2.56. The van der Waals surface area contributed by atoms with E-state index in [1.165, 1.54) is 11.0 Å². The van der Waals surface area contributed by atoms with Crippen LogP contribution in [0.2, 0.25) is 0 Å². The Balaban J connectivity index is 1.54. The van der Waals surface area contributed by atoms with Gasteiger partial charge in [-0.05, 0) is 31.9 Å². The molecule has 3 aliphatic heterocycles. The van der Waals surface area contributed by atoms with Crippen molar-refractivity contribution in [2.75, 3.05) is 13.2 Å². The van der Waals surface area contributed by atoms with Crippen LogP contribution in [0.15, 0.2) is 41.5 Å². The van der Waals surface area contributed by atoms with E-state index in [-0.39, 0.29) is 72.9 Å². The van der Waals surface area contributed by atoms with E-state index in [0.717, 1.165) is 5.57 Å². The van der Waals surface area contributed by atoms with E-state index in [4.69, 9.17) is 9.47 Å². The third-order valence-corrected chi connectivity index (χ3v) is 8.15. The molecule has 6 aliphatic rings. The number of aromatic hydroxyl groups is 1. The second-order valence-corrected chi connectivity index (χ2v) is 10.1. The van der Waals surface area contributed by atoms with Gasteiger partial charge in [0, 0.05) is 43.2 Å². The molecule has 4 bridgehead atoms. The first-order chi connectivity index (χ1) is 16.2. The maximum absolute atomic E-state index is 14.0. The van der Waals surface area contributed by atoms with E-state index in [1.54, 1.807) is 18.2 Å². The average molecular weight is 463 g/mol. The number of carbonyl (C=O) groups is 4. The van der Waals surface area contributed by atoms with Crippen molar-refractivity contribution < 1.29 is 33.8 Å². The van der Waals surface area contributed by atoms with E-state index in [0.29, 0.717) is 5.57 Å². The first-order valence-corrected chi connectivity index (χ1v) is 11.6. The van der Waals surface area contributed by atoms with Gasteiger partial charge in [0.25, 0.3) is 0 Å². The monoisotopic (exact) mass is 463 g/mol. The zero-order valence-corrected chi connectivity index (χ0v) is 19.0. The molecule has 176 valence electrons. The van der Waals surface area contributed by atoms with Crippen molar-refractivity contribution in [3.05, 3.63) is 47.1 Å². The van der Waals surface area contributed by atoms with Crippen LogP contribution in [-0.4, -0.2) is 57.7 Å². The van der Waals surface area contributed by atoms with Crippen LogP contribution in [0.1, 0.15) is 43.5 Å². The van der Waals surface area contributed by atoms with Crippen LogP contribution in [0.4, 0.5) is 0 Å². The standard InChI is InChI=1S/C26H25NO7/c1-13(2)8-9-25-24(32)14-10-16-23(31)22-18(28)4-3-5-19(22)34-26(16,25)17(12-33-25)15(14)11-27-20(29)6-7-21(27)30/h3-5,8,10,14-15,17,28H,6-7,9,11-12H2,1-2H3/t14-,15+,17-,25+,26-/m1/s1. The Morgan fingerprint density at radius 2 is 1.91 bits per heavy atom. The van der Waals surface area contributed by atoms with Gasteiger partial charge in [-0.1, -0.05) is 23.8 Å². The van der Waals surface area contributed by atoms with E-state index in [2.05, 4.69) is 0 Å². The minimum Gasteiger partial charge on any atom is -0.507 e. The van der Waals surface area contributed by atoms with Crippen LogP contribution in [0.25, 0.3) is 0 Å². The van der Waals surface area contributed by atoms with Crippen LogP contribution >= 0.6 is 0 Å². The van der Waals surface area contributed by atoms with Gasteiger partial charge in [0.1, 0.15) is 17.1 Å². The Morgan fingerprint density at radius 3 is 2.62 bits per heavy atom. The van der Waals surface area contributed by atoms with Crippen LogP contribution < -0.4 is 4.74 Å². The number of ketones is 2. The van der Waals surface area contributed by atoms with Gasteiger partial charge < -0.3 is 14.6 Å². The summed E-state index contributed by atoms with van der Waals surface area (Å²) in [6.45, 7) is 4.11. The molecule has 3 aliphatic carbocycles. The highest BCUT2D eigenvalue weighted by atomic mass is 16.6. The number of hydrogen-bond acceptors (Lipinski definition) is 7. The number of likely N-dealkylation sites (tertiary alicyclic amines) is 1. The summed E-state index contributed by atoms with van der Waals surface area (Å²) in [4.78, 5) is 53.7. The Labute approximate surface area is 196 Å². The van der Waals surface area contributed by atoms with E-state index in [1.807, 2.05) is 19.9 Å². The molecule has 0 radical (unpaired) electrons. The minimum absolute atomic E-state index is 0.0811. The molecule has 1 aromatic rings. The summed E-state index contributed by atoms with van der Waals surface area (Å²) < 4.78 is 12.9. The second kappa shape index (κ2) is 6.88. The van der Waals surface area contributed by atoms with Crippen molar-refractivity contribution in [2.24, 2.45) is 17.8 Å².